The first-order valence-electron chi connectivity index (χ1n) is 12.3. The monoisotopic (exact) mass is 482 g/mol. The Hall–Kier alpha value is -2.90. The summed E-state index contributed by atoms with van der Waals surface area (Å²) in [6.45, 7) is 7.23. The van der Waals surface area contributed by atoms with Gasteiger partial charge in [-0.1, -0.05) is 61.5 Å². The average molecular weight is 483 g/mol. The number of ether oxygens (including phenoxy) is 1. The lowest BCUT2D eigenvalue weighted by Gasteiger charge is -2.29. The van der Waals surface area contributed by atoms with Crippen LogP contribution in [0.3, 0.4) is 0 Å². The van der Waals surface area contributed by atoms with E-state index in [0.29, 0.717) is 19.3 Å². The van der Waals surface area contributed by atoms with Crippen molar-refractivity contribution in [1.29, 1.82) is 0 Å². The summed E-state index contributed by atoms with van der Waals surface area (Å²) < 4.78 is 5.40. The number of nitrogens with one attached hydrogen (secondary N) is 2. The third kappa shape index (κ3) is 7.54. The molecule has 0 fully saturated rings. The van der Waals surface area contributed by atoms with Gasteiger partial charge < -0.3 is 25.6 Å². The van der Waals surface area contributed by atoms with E-state index < -0.39 is 41.9 Å². The number of amides is 2. The number of rotatable bonds is 9. The van der Waals surface area contributed by atoms with Crippen LogP contribution in [0.15, 0.2) is 54.6 Å². The molecule has 1 aliphatic rings. The molecule has 0 aromatic heterocycles. The van der Waals surface area contributed by atoms with Crippen molar-refractivity contribution in [3.8, 4) is 0 Å². The van der Waals surface area contributed by atoms with Gasteiger partial charge in [0.1, 0.15) is 5.60 Å². The van der Waals surface area contributed by atoms with E-state index in [1.165, 1.54) is 0 Å². The van der Waals surface area contributed by atoms with Crippen molar-refractivity contribution in [2.45, 2.75) is 83.3 Å². The van der Waals surface area contributed by atoms with Crippen LogP contribution in [0.5, 0.6) is 0 Å². The minimum Gasteiger partial charge on any atom is -0.444 e. The molecule has 2 aromatic carbocycles. The van der Waals surface area contributed by atoms with Crippen LogP contribution in [-0.2, 0) is 22.4 Å². The molecule has 0 saturated heterocycles. The first-order valence-corrected chi connectivity index (χ1v) is 12.3. The average Bonchev–Trinajstić information content (AvgIpc) is 3.11. The number of hydrogen-bond donors (Lipinski definition) is 4. The molecule has 2 amide bonds. The first-order chi connectivity index (χ1) is 16.6. The zero-order chi connectivity index (χ0) is 25.6. The van der Waals surface area contributed by atoms with E-state index in [2.05, 4.69) is 10.6 Å². The van der Waals surface area contributed by atoms with Gasteiger partial charge in [-0.2, -0.15) is 0 Å². The second kappa shape index (κ2) is 11.7. The molecule has 3 rings (SSSR count). The molecule has 0 spiro atoms. The van der Waals surface area contributed by atoms with E-state index in [4.69, 9.17) is 4.74 Å². The summed E-state index contributed by atoms with van der Waals surface area (Å²) in [7, 11) is 0. The van der Waals surface area contributed by atoms with Gasteiger partial charge in [0.05, 0.1) is 24.3 Å². The highest BCUT2D eigenvalue weighted by molar-refractivity contribution is 5.79. The number of benzene rings is 2. The minimum atomic E-state index is -0.973. The van der Waals surface area contributed by atoms with Gasteiger partial charge in [0.25, 0.3) is 0 Å². The van der Waals surface area contributed by atoms with Gasteiger partial charge in [0, 0.05) is 12.3 Å². The molecule has 0 radical (unpaired) electrons. The molecule has 0 aliphatic heterocycles. The molecule has 0 unspecified atom stereocenters. The van der Waals surface area contributed by atoms with Crippen molar-refractivity contribution in [1.82, 2.24) is 10.6 Å². The van der Waals surface area contributed by atoms with E-state index >= 15 is 0 Å². The number of hydrogen-bond acceptors (Lipinski definition) is 5. The molecule has 35 heavy (non-hydrogen) atoms. The third-order valence-electron chi connectivity index (χ3n) is 6.36. The number of carbonyl (C=O) groups excluding carboxylic acids is 2. The summed E-state index contributed by atoms with van der Waals surface area (Å²) in [6, 6.07) is 16.2. The molecular weight excluding hydrogens is 444 g/mol. The molecule has 1 aliphatic carbocycles. The van der Waals surface area contributed by atoms with Crippen molar-refractivity contribution >= 4 is 12.0 Å². The van der Waals surface area contributed by atoms with Crippen LogP contribution in [0.25, 0.3) is 0 Å². The van der Waals surface area contributed by atoms with Gasteiger partial charge in [0.15, 0.2) is 0 Å². The molecule has 4 N–H and O–H groups in total. The van der Waals surface area contributed by atoms with Gasteiger partial charge in [-0.25, -0.2) is 4.79 Å². The lowest BCUT2D eigenvalue weighted by molar-refractivity contribution is -0.127. The van der Waals surface area contributed by atoms with Crippen molar-refractivity contribution in [3.05, 3.63) is 71.3 Å². The van der Waals surface area contributed by atoms with E-state index in [1.54, 1.807) is 20.8 Å². The normalized spacial score (nSPS) is 19.8. The summed E-state index contributed by atoms with van der Waals surface area (Å²) >= 11 is 0. The summed E-state index contributed by atoms with van der Waals surface area (Å²) in [5.74, 6) is -0.702. The fourth-order valence-corrected chi connectivity index (χ4v) is 4.54. The van der Waals surface area contributed by atoms with Gasteiger partial charge >= 0.3 is 6.09 Å². The van der Waals surface area contributed by atoms with Gasteiger partial charge in [-0.05, 0) is 56.7 Å². The standard InChI is InChI=1S/C28H38N2O5/c1-5-19(26(33)30-25-21-14-10-9-13-20(21)17-24(25)32)16-23(31)22(15-18-11-7-6-8-12-18)29-27(34)35-28(2,3)4/h6-14,19,22-25,31-32H,5,15-17H2,1-4H3,(H,29,34)(H,30,33)/t19-,22+,23+,24-,25+/m1/s1. The van der Waals surface area contributed by atoms with E-state index in [1.807, 2.05) is 61.5 Å². The van der Waals surface area contributed by atoms with E-state index in [0.717, 1.165) is 16.7 Å². The number of fused-ring (bicyclic) bond motifs is 1. The van der Waals surface area contributed by atoms with Gasteiger partial charge in [-0.15, -0.1) is 0 Å². The molecule has 0 saturated carbocycles. The Morgan fingerprint density at radius 1 is 1.09 bits per heavy atom. The SMILES string of the molecule is CC[C@H](C[C@H](O)[C@H](Cc1ccccc1)NC(=O)OC(C)(C)C)C(=O)N[C@H]1c2ccccc2C[C@H]1O. The topological polar surface area (TPSA) is 108 Å². The molecule has 0 heterocycles. The maximum atomic E-state index is 13.2. The van der Waals surface area contributed by atoms with Crippen LogP contribution in [-0.4, -0.2) is 46.1 Å². The van der Waals surface area contributed by atoms with Crippen LogP contribution in [0, 0.1) is 5.92 Å². The van der Waals surface area contributed by atoms with Crippen LogP contribution < -0.4 is 10.6 Å². The smallest absolute Gasteiger partial charge is 0.407 e. The Labute approximate surface area is 207 Å². The van der Waals surface area contributed by atoms with Crippen molar-refractivity contribution in [3.63, 3.8) is 0 Å². The Morgan fingerprint density at radius 3 is 2.40 bits per heavy atom. The molecular formula is C28H38N2O5. The van der Waals surface area contributed by atoms with Crippen molar-refractivity contribution in [2.24, 2.45) is 5.92 Å². The molecule has 7 nitrogen and oxygen atoms in total. The molecule has 2 aromatic rings. The third-order valence-corrected chi connectivity index (χ3v) is 6.36. The maximum absolute atomic E-state index is 13.2. The first kappa shape index (κ1) is 26.7. The van der Waals surface area contributed by atoms with Crippen LogP contribution >= 0.6 is 0 Å². The summed E-state index contributed by atoms with van der Waals surface area (Å²) in [4.78, 5) is 25.7. The summed E-state index contributed by atoms with van der Waals surface area (Å²) in [5.41, 5.74) is 2.24. The zero-order valence-corrected chi connectivity index (χ0v) is 21.0. The highest BCUT2D eigenvalue weighted by Gasteiger charge is 2.34. The van der Waals surface area contributed by atoms with E-state index in [-0.39, 0.29) is 12.3 Å². The van der Waals surface area contributed by atoms with Crippen LogP contribution in [0.1, 0.15) is 63.3 Å². The predicted molar refractivity (Wildman–Crippen MR) is 135 cm³/mol. The lowest BCUT2D eigenvalue weighted by atomic mass is 9.91. The molecule has 0 bridgehead atoms. The quantitative estimate of drug-likeness (QED) is 0.436. The summed E-state index contributed by atoms with van der Waals surface area (Å²) in [5, 5.41) is 27.4. The molecule has 190 valence electrons. The lowest BCUT2D eigenvalue weighted by Crippen LogP contribution is -2.48. The fraction of sp³-hybridized carbons (Fsp3) is 0.500. The number of aliphatic hydroxyl groups excluding tert-OH is 2. The van der Waals surface area contributed by atoms with Crippen molar-refractivity contribution < 1.29 is 24.5 Å². The van der Waals surface area contributed by atoms with Crippen molar-refractivity contribution in [2.75, 3.05) is 0 Å². The minimum absolute atomic E-state index is 0.167. The Bertz CT molecular complexity index is 988. The highest BCUT2D eigenvalue weighted by Crippen LogP contribution is 2.32. The Balaban J connectivity index is 1.69. The zero-order valence-electron chi connectivity index (χ0n) is 21.0. The van der Waals surface area contributed by atoms with Crippen LogP contribution in [0.4, 0.5) is 4.79 Å². The molecule has 5 atom stereocenters. The maximum Gasteiger partial charge on any atom is 0.407 e. The Kier molecular flexibility index (Phi) is 8.92. The fourth-order valence-electron chi connectivity index (χ4n) is 4.54. The molecule has 7 heteroatoms. The highest BCUT2D eigenvalue weighted by atomic mass is 16.6. The second-order valence-electron chi connectivity index (χ2n) is 10.3. The second-order valence-corrected chi connectivity index (χ2v) is 10.3. The summed E-state index contributed by atoms with van der Waals surface area (Å²) in [6.07, 6.45) is -0.691. The number of carbonyl (C=O) groups is 2. The van der Waals surface area contributed by atoms with Gasteiger partial charge in [-0.3, -0.25) is 4.79 Å². The largest absolute Gasteiger partial charge is 0.444 e. The van der Waals surface area contributed by atoms with Crippen LogP contribution in [0.2, 0.25) is 0 Å². The number of aliphatic hydroxyl groups is 2. The predicted octanol–water partition coefficient (Wildman–Crippen LogP) is 3.67. The van der Waals surface area contributed by atoms with E-state index in [9.17, 15) is 19.8 Å². The number of alkyl carbamates (subject to hydrolysis) is 1. The Morgan fingerprint density at radius 2 is 1.74 bits per heavy atom. The van der Waals surface area contributed by atoms with Gasteiger partial charge in [0.2, 0.25) is 5.91 Å².